The van der Waals surface area contributed by atoms with Crippen LogP contribution in [0.2, 0.25) is 0 Å². The zero-order valence-electron chi connectivity index (χ0n) is 13.2. The van der Waals surface area contributed by atoms with Crippen LogP contribution in [0.5, 0.6) is 0 Å². The minimum absolute atomic E-state index is 0.175. The molecule has 1 unspecified atom stereocenters. The maximum absolute atomic E-state index is 11.9. The van der Waals surface area contributed by atoms with Crippen LogP contribution in [0.4, 0.5) is 0 Å². The summed E-state index contributed by atoms with van der Waals surface area (Å²) >= 11 is 0. The Labute approximate surface area is 122 Å². The standard InChI is InChI=1S/C15H28N2O3/c1-12(14(19)20-15(2,3)4)16-9-8-13(18)17-10-6-5-7-11-17/h12,16H,5-11H2,1-4H3. The maximum Gasteiger partial charge on any atom is 0.323 e. The molecule has 5 heteroatoms. The number of rotatable bonds is 5. The van der Waals surface area contributed by atoms with E-state index in [1.807, 2.05) is 25.7 Å². The molecule has 1 fully saturated rings. The van der Waals surface area contributed by atoms with Gasteiger partial charge in [-0.3, -0.25) is 9.59 Å². The molecule has 0 radical (unpaired) electrons. The third-order valence-corrected chi connectivity index (χ3v) is 3.26. The van der Waals surface area contributed by atoms with Crippen LogP contribution in [0.15, 0.2) is 0 Å². The van der Waals surface area contributed by atoms with Crippen molar-refractivity contribution in [1.29, 1.82) is 0 Å². The van der Waals surface area contributed by atoms with Gasteiger partial charge in [-0.15, -0.1) is 0 Å². The number of nitrogens with zero attached hydrogens (tertiary/aromatic N) is 1. The summed E-state index contributed by atoms with van der Waals surface area (Å²) in [5.41, 5.74) is -0.476. The van der Waals surface area contributed by atoms with Crippen LogP contribution in [0, 0.1) is 0 Å². The predicted molar refractivity (Wildman–Crippen MR) is 78.4 cm³/mol. The lowest BCUT2D eigenvalue weighted by Gasteiger charge is -2.27. The molecule has 0 aromatic carbocycles. The number of amides is 1. The summed E-state index contributed by atoms with van der Waals surface area (Å²) in [6.45, 7) is 9.56. The Bertz CT molecular complexity index is 331. The number of ether oxygens (including phenoxy) is 1. The first-order valence-corrected chi connectivity index (χ1v) is 7.53. The molecule has 1 aliphatic rings. The maximum atomic E-state index is 11.9. The Morgan fingerprint density at radius 1 is 1.20 bits per heavy atom. The molecule has 1 rings (SSSR count). The molecule has 20 heavy (non-hydrogen) atoms. The lowest BCUT2D eigenvalue weighted by atomic mass is 10.1. The van der Waals surface area contributed by atoms with Crippen molar-refractivity contribution in [2.45, 2.75) is 65.0 Å². The second kappa shape index (κ2) is 7.62. The number of piperidine rings is 1. The van der Waals surface area contributed by atoms with Crippen LogP contribution in [0.3, 0.4) is 0 Å². The fourth-order valence-corrected chi connectivity index (χ4v) is 2.17. The topological polar surface area (TPSA) is 58.6 Å². The highest BCUT2D eigenvalue weighted by Crippen LogP contribution is 2.10. The summed E-state index contributed by atoms with van der Waals surface area (Å²) in [5.74, 6) is -0.100. The van der Waals surface area contributed by atoms with Gasteiger partial charge in [0.2, 0.25) is 5.91 Å². The van der Waals surface area contributed by atoms with Crippen molar-refractivity contribution in [3.05, 3.63) is 0 Å². The van der Waals surface area contributed by atoms with Crippen molar-refractivity contribution in [3.8, 4) is 0 Å². The normalized spacial score (nSPS) is 17.7. The zero-order valence-corrected chi connectivity index (χ0v) is 13.2. The van der Waals surface area contributed by atoms with E-state index in [-0.39, 0.29) is 17.9 Å². The number of likely N-dealkylation sites (tertiary alicyclic amines) is 1. The SMILES string of the molecule is CC(NCCC(=O)N1CCCCC1)C(=O)OC(C)(C)C. The van der Waals surface area contributed by atoms with Crippen LogP contribution in [0.25, 0.3) is 0 Å². The first kappa shape index (κ1) is 17.0. The second-order valence-corrected chi connectivity index (χ2v) is 6.40. The Morgan fingerprint density at radius 2 is 1.80 bits per heavy atom. The van der Waals surface area contributed by atoms with E-state index in [1.54, 1.807) is 6.92 Å². The van der Waals surface area contributed by atoms with Crippen LogP contribution in [0.1, 0.15) is 53.4 Å². The summed E-state index contributed by atoms with van der Waals surface area (Å²) < 4.78 is 5.28. The van der Waals surface area contributed by atoms with E-state index in [1.165, 1.54) is 6.42 Å². The molecule has 0 spiro atoms. The Hall–Kier alpha value is -1.10. The smallest absolute Gasteiger partial charge is 0.323 e. The lowest BCUT2D eigenvalue weighted by Crippen LogP contribution is -2.42. The quantitative estimate of drug-likeness (QED) is 0.781. The van der Waals surface area contributed by atoms with Gasteiger partial charge in [0.05, 0.1) is 0 Å². The van der Waals surface area contributed by atoms with Gasteiger partial charge in [-0.2, -0.15) is 0 Å². The number of hydrogen-bond donors (Lipinski definition) is 1. The van der Waals surface area contributed by atoms with E-state index in [2.05, 4.69) is 5.32 Å². The van der Waals surface area contributed by atoms with E-state index >= 15 is 0 Å². The molecule has 1 atom stereocenters. The molecule has 1 aliphatic heterocycles. The lowest BCUT2D eigenvalue weighted by molar-refractivity contribution is -0.157. The average molecular weight is 284 g/mol. The molecule has 1 amide bonds. The van der Waals surface area contributed by atoms with E-state index in [0.717, 1.165) is 25.9 Å². The second-order valence-electron chi connectivity index (χ2n) is 6.40. The Kier molecular flexibility index (Phi) is 6.46. The van der Waals surface area contributed by atoms with Crippen LogP contribution in [-0.2, 0) is 14.3 Å². The van der Waals surface area contributed by atoms with Gasteiger partial charge < -0.3 is 15.0 Å². The van der Waals surface area contributed by atoms with E-state index < -0.39 is 5.60 Å². The first-order chi connectivity index (χ1) is 9.29. The van der Waals surface area contributed by atoms with Gasteiger partial charge in [-0.1, -0.05) is 0 Å². The predicted octanol–water partition coefficient (Wildman–Crippen LogP) is 1.71. The highest BCUT2D eigenvalue weighted by atomic mass is 16.6. The van der Waals surface area contributed by atoms with E-state index in [0.29, 0.717) is 13.0 Å². The van der Waals surface area contributed by atoms with E-state index in [4.69, 9.17) is 4.74 Å². The fourth-order valence-electron chi connectivity index (χ4n) is 2.17. The number of esters is 1. The van der Waals surface area contributed by atoms with Gasteiger partial charge in [0, 0.05) is 26.1 Å². The van der Waals surface area contributed by atoms with Crippen molar-refractivity contribution in [2.75, 3.05) is 19.6 Å². The molecule has 1 N–H and O–H groups in total. The van der Waals surface area contributed by atoms with Gasteiger partial charge in [0.1, 0.15) is 11.6 Å². The minimum atomic E-state index is -0.476. The molecule has 0 aromatic rings. The molecule has 1 saturated heterocycles. The third kappa shape index (κ3) is 6.37. The van der Waals surface area contributed by atoms with Crippen molar-refractivity contribution in [3.63, 3.8) is 0 Å². The molecule has 116 valence electrons. The number of carbonyl (C=O) groups excluding carboxylic acids is 2. The Balaban J connectivity index is 2.22. The van der Waals surface area contributed by atoms with Crippen molar-refractivity contribution < 1.29 is 14.3 Å². The number of nitrogens with one attached hydrogen (secondary N) is 1. The summed E-state index contributed by atoms with van der Waals surface area (Å²) in [6, 6.07) is -0.386. The first-order valence-electron chi connectivity index (χ1n) is 7.53. The minimum Gasteiger partial charge on any atom is -0.459 e. The van der Waals surface area contributed by atoms with Gasteiger partial charge in [0.15, 0.2) is 0 Å². The monoisotopic (exact) mass is 284 g/mol. The number of hydrogen-bond acceptors (Lipinski definition) is 4. The van der Waals surface area contributed by atoms with Crippen LogP contribution in [-0.4, -0.2) is 48.1 Å². The summed E-state index contributed by atoms with van der Waals surface area (Å²) in [7, 11) is 0. The van der Waals surface area contributed by atoms with Crippen LogP contribution >= 0.6 is 0 Å². The molecule has 5 nitrogen and oxygen atoms in total. The summed E-state index contributed by atoms with van der Waals surface area (Å²) in [4.78, 5) is 25.6. The van der Waals surface area contributed by atoms with Crippen molar-refractivity contribution in [2.24, 2.45) is 0 Å². The fraction of sp³-hybridized carbons (Fsp3) is 0.867. The van der Waals surface area contributed by atoms with Gasteiger partial charge in [-0.25, -0.2) is 0 Å². The number of carbonyl (C=O) groups is 2. The van der Waals surface area contributed by atoms with Gasteiger partial charge >= 0.3 is 5.97 Å². The molecule has 0 saturated carbocycles. The van der Waals surface area contributed by atoms with Crippen LogP contribution < -0.4 is 5.32 Å². The molecule has 0 aromatic heterocycles. The van der Waals surface area contributed by atoms with E-state index in [9.17, 15) is 9.59 Å². The third-order valence-electron chi connectivity index (χ3n) is 3.26. The molecular weight excluding hydrogens is 256 g/mol. The largest absolute Gasteiger partial charge is 0.459 e. The molecule has 0 bridgehead atoms. The van der Waals surface area contributed by atoms with Crippen molar-refractivity contribution >= 4 is 11.9 Å². The molecular formula is C15H28N2O3. The Morgan fingerprint density at radius 3 is 2.35 bits per heavy atom. The summed E-state index contributed by atoms with van der Waals surface area (Å²) in [5, 5.41) is 3.05. The van der Waals surface area contributed by atoms with Crippen molar-refractivity contribution in [1.82, 2.24) is 10.2 Å². The average Bonchev–Trinajstić information content (AvgIpc) is 2.37. The molecule has 0 aliphatic carbocycles. The highest BCUT2D eigenvalue weighted by Gasteiger charge is 2.22. The van der Waals surface area contributed by atoms with Gasteiger partial charge in [0.25, 0.3) is 0 Å². The zero-order chi connectivity index (χ0) is 15.2. The molecule has 1 heterocycles. The van der Waals surface area contributed by atoms with Gasteiger partial charge in [-0.05, 0) is 47.0 Å². The highest BCUT2D eigenvalue weighted by molar-refractivity contribution is 5.77. The summed E-state index contributed by atoms with van der Waals surface area (Å²) in [6.07, 6.45) is 3.87.